The number of hydrogen-bond donors (Lipinski definition) is 1. The molecule has 0 radical (unpaired) electrons. The second kappa shape index (κ2) is 7.80. The van der Waals surface area contributed by atoms with Gasteiger partial charge in [0.15, 0.2) is 17.6 Å². The Balaban J connectivity index is 1.30. The van der Waals surface area contributed by atoms with Crippen LogP contribution in [0.4, 0.5) is 5.69 Å². The molecule has 0 unspecified atom stereocenters. The molecular formula is C21H22N2O5. The van der Waals surface area contributed by atoms with Crippen LogP contribution in [0.3, 0.4) is 0 Å². The highest BCUT2D eigenvalue weighted by atomic mass is 16.6. The molecule has 7 nitrogen and oxygen atoms in total. The van der Waals surface area contributed by atoms with Gasteiger partial charge in [0.2, 0.25) is 5.91 Å². The third-order valence-corrected chi connectivity index (χ3v) is 4.73. The van der Waals surface area contributed by atoms with Crippen molar-refractivity contribution in [1.29, 1.82) is 0 Å². The molecule has 0 aliphatic carbocycles. The lowest BCUT2D eigenvalue weighted by molar-refractivity contribution is -0.125. The second-order valence-electron chi connectivity index (χ2n) is 6.77. The Morgan fingerprint density at radius 3 is 2.61 bits per heavy atom. The Hall–Kier alpha value is -3.22. The number of benzene rings is 2. The summed E-state index contributed by atoms with van der Waals surface area (Å²) in [6.07, 6.45) is -0.618. The number of anilines is 1. The van der Waals surface area contributed by atoms with Gasteiger partial charge in [0, 0.05) is 13.0 Å². The zero-order valence-corrected chi connectivity index (χ0v) is 15.6. The molecule has 7 heteroatoms. The fraction of sp³-hybridized carbons (Fsp3) is 0.333. The monoisotopic (exact) mass is 382 g/mol. The van der Waals surface area contributed by atoms with E-state index in [2.05, 4.69) is 5.32 Å². The van der Waals surface area contributed by atoms with Crippen molar-refractivity contribution in [2.45, 2.75) is 25.6 Å². The topological polar surface area (TPSA) is 77.1 Å². The SMILES string of the molecule is C[C@@H]1Oc2ccccc2N(CCC(=O)NC[C@H]2COc3ccccc3O2)C1=O. The average Bonchev–Trinajstić information content (AvgIpc) is 2.72. The molecule has 28 heavy (non-hydrogen) atoms. The molecule has 0 bridgehead atoms. The lowest BCUT2D eigenvalue weighted by atomic mass is 10.1. The van der Waals surface area contributed by atoms with Crippen molar-refractivity contribution < 1.29 is 23.8 Å². The Labute approximate surface area is 163 Å². The van der Waals surface area contributed by atoms with Crippen molar-refractivity contribution in [3.05, 3.63) is 48.5 Å². The summed E-state index contributed by atoms with van der Waals surface area (Å²) in [5.74, 6) is 1.75. The van der Waals surface area contributed by atoms with Gasteiger partial charge in [-0.2, -0.15) is 0 Å². The van der Waals surface area contributed by atoms with Crippen LogP contribution >= 0.6 is 0 Å². The van der Waals surface area contributed by atoms with Crippen molar-refractivity contribution in [2.24, 2.45) is 0 Å². The van der Waals surface area contributed by atoms with E-state index >= 15 is 0 Å². The van der Waals surface area contributed by atoms with Crippen molar-refractivity contribution >= 4 is 17.5 Å². The van der Waals surface area contributed by atoms with Crippen LogP contribution in [0.5, 0.6) is 17.2 Å². The molecule has 0 saturated carbocycles. The van der Waals surface area contributed by atoms with Gasteiger partial charge >= 0.3 is 0 Å². The summed E-state index contributed by atoms with van der Waals surface area (Å²) in [5, 5.41) is 2.86. The van der Waals surface area contributed by atoms with Crippen molar-refractivity contribution in [3.63, 3.8) is 0 Å². The van der Waals surface area contributed by atoms with E-state index in [-0.39, 0.29) is 24.3 Å². The largest absolute Gasteiger partial charge is 0.486 e. The van der Waals surface area contributed by atoms with Gasteiger partial charge < -0.3 is 24.4 Å². The van der Waals surface area contributed by atoms with Crippen molar-refractivity contribution in [1.82, 2.24) is 5.32 Å². The van der Waals surface area contributed by atoms with Gasteiger partial charge in [-0.25, -0.2) is 0 Å². The third-order valence-electron chi connectivity index (χ3n) is 4.73. The molecule has 2 amide bonds. The normalized spacial score (nSPS) is 20.2. The molecular weight excluding hydrogens is 360 g/mol. The number of amides is 2. The van der Waals surface area contributed by atoms with Crippen LogP contribution in [0.25, 0.3) is 0 Å². The molecule has 2 aromatic rings. The fourth-order valence-corrected chi connectivity index (χ4v) is 3.28. The zero-order chi connectivity index (χ0) is 19.5. The van der Waals surface area contributed by atoms with Gasteiger partial charge in [-0.05, 0) is 31.2 Å². The Kier molecular flexibility index (Phi) is 5.06. The molecule has 0 spiro atoms. The van der Waals surface area contributed by atoms with E-state index in [1.807, 2.05) is 48.5 Å². The van der Waals surface area contributed by atoms with Crippen molar-refractivity contribution in [2.75, 3.05) is 24.6 Å². The Morgan fingerprint density at radius 2 is 1.79 bits per heavy atom. The quantitative estimate of drug-likeness (QED) is 0.857. The van der Waals surface area contributed by atoms with Crippen LogP contribution in [-0.4, -0.2) is 43.7 Å². The van der Waals surface area contributed by atoms with Gasteiger partial charge in [-0.1, -0.05) is 24.3 Å². The summed E-state index contributed by atoms with van der Waals surface area (Å²) in [6, 6.07) is 14.8. The van der Waals surface area contributed by atoms with Gasteiger partial charge in [0.25, 0.3) is 5.91 Å². The lowest BCUT2D eigenvalue weighted by Crippen LogP contribution is -2.46. The van der Waals surface area contributed by atoms with E-state index in [0.29, 0.717) is 42.6 Å². The van der Waals surface area contributed by atoms with E-state index < -0.39 is 6.10 Å². The fourth-order valence-electron chi connectivity index (χ4n) is 3.28. The van der Waals surface area contributed by atoms with Gasteiger partial charge in [0.05, 0.1) is 12.2 Å². The molecule has 4 rings (SSSR count). The van der Waals surface area contributed by atoms with E-state index in [1.165, 1.54) is 0 Å². The predicted octanol–water partition coefficient (Wildman–Crippen LogP) is 2.15. The van der Waals surface area contributed by atoms with E-state index in [0.717, 1.165) is 0 Å². The summed E-state index contributed by atoms with van der Waals surface area (Å²) in [4.78, 5) is 26.4. The number of carbonyl (C=O) groups excluding carboxylic acids is 2. The number of hydrogen-bond acceptors (Lipinski definition) is 5. The van der Waals surface area contributed by atoms with Crippen LogP contribution < -0.4 is 24.4 Å². The van der Waals surface area contributed by atoms with Crippen LogP contribution in [0.2, 0.25) is 0 Å². The van der Waals surface area contributed by atoms with Crippen LogP contribution in [-0.2, 0) is 9.59 Å². The number of nitrogens with zero attached hydrogens (tertiary/aromatic N) is 1. The van der Waals surface area contributed by atoms with Gasteiger partial charge in [-0.15, -0.1) is 0 Å². The first kappa shape index (κ1) is 18.2. The molecule has 1 N–H and O–H groups in total. The van der Waals surface area contributed by atoms with E-state index in [9.17, 15) is 9.59 Å². The summed E-state index contributed by atoms with van der Waals surface area (Å²) in [6.45, 7) is 2.73. The zero-order valence-electron chi connectivity index (χ0n) is 15.6. The van der Waals surface area contributed by atoms with Gasteiger partial charge in [0.1, 0.15) is 18.5 Å². The maximum absolute atomic E-state index is 12.5. The highest BCUT2D eigenvalue weighted by Crippen LogP contribution is 2.33. The standard InChI is InChI=1S/C21H22N2O5/c1-14-21(25)23(16-6-2-3-7-17(16)27-14)11-10-20(24)22-12-15-13-26-18-8-4-5-9-19(18)28-15/h2-9,14-15H,10-13H2,1H3,(H,22,24)/t14-,15-/m0/s1. The molecule has 2 heterocycles. The molecule has 2 aliphatic heterocycles. The van der Waals surface area contributed by atoms with Crippen LogP contribution in [0.1, 0.15) is 13.3 Å². The maximum Gasteiger partial charge on any atom is 0.267 e. The molecule has 2 aliphatic rings. The summed E-state index contributed by atoms with van der Waals surface area (Å²) in [7, 11) is 0. The average molecular weight is 382 g/mol. The van der Waals surface area contributed by atoms with Crippen LogP contribution in [0, 0.1) is 0 Å². The number of ether oxygens (including phenoxy) is 3. The maximum atomic E-state index is 12.5. The minimum Gasteiger partial charge on any atom is -0.486 e. The third kappa shape index (κ3) is 3.74. The number of fused-ring (bicyclic) bond motifs is 2. The molecule has 0 aromatic heterocycles. The number of para-hydroxylation sites is 4. The first-order valence-corrected chi connectivity index (χ1v) is 9.34. The van der Waals surface area contributed by atoms with Crippen LogP contribution in [0.15, 0.2) is 48.5 Å². The Bertz CT molecular complexity index is 885. The first-order valence-electron chi connectivity index (χ1n) is 9.34. The summed E-state index contributed by atoms with van der Waals surface area (Å²) >= 11 is 0. The minimum atomic E-state index is -0.564. The minimum absolute atomic E-state index is 0.146. The smallest absolute Gasteiger partial charge is 0.267 e. The number of carbonyl (C=O) groups is 2. The second-order valence-corrected chi connectivity index (χ2v) is 6.77. The summed E-state index contributed by atoms with van der Waals surface area (Å²) < 4.78 is 17.1. The number of nitrogens with one attached hydrogen (secondary N) is 1. The van der Waals surface area contributed by atoms with Crippen molar-refractivity contribution in [3.8, 4) is 17.2 Å². The highest BCUT2D eigenvalue weighted by molar-refractivity contribution is 6.00. The van der Waals surface area contributed by atoms with E-state index in [4.69, 9.17) is 14.2 Å². The summed E-state index contributed by atoms with van der Waals surface area (Å²) in [5.41, 5.74) is 0.694. The Morgan fingerprint density at radius 1 is 1.07 bits per heavy atom. The molecule has 0 saturated heterocycles. The molecule has 2 aromatic carbocycles. The molecule has 0 fully saturated rings. The molecule has 146 valence electrons. The van der Waals surface area contributed by atoms with E-state index in [1.54, 1.807) is 11.8 Å². The highest BCUT2D eigenvalue weighted by Gasteiger charge is 2.31. The lowest BCUT2D eigenvalue weighted by Gasteiger charge is -2.32. The predicted molar refractivity (Wildman–Crippen MR) is 103 cm³/mol. The molecule has 2 atom stereocenters. The first-order chi connectivity index (χ1) is 13.6. The van der Waals surface area contributed by atoms with Gasteiger partial charge in [-0.3, -0.25) is 9.59 Å². The number of rotatable bonds is 5.